The van der Waals surface area contributed by atoms with Crippen LogP contribution in [0.25, 0.3) is 0 Å². The van der Waals surface area contributed by atoms with E-state index in [1.165, 1.54) is 4.31 Å². The van der Waals surface area contributed by atoms with Crippen LogP contribution in [-0.4, -0.2) is 56.8 Å². The minimum atomic E-state index is -3.23. The van der Waals surface area contributed by atoms with Gasteiger partial charge in [0.1, 0.15) is 0 Å². The maximum Gasteiger partial charge on any atom is 0.281 e. The highest BCUT2D eigenvalue weighted by atomic mass is 32.2. The zero-order valence-corrected chi connectivity index (χ0v) is 11.3. The normalized spacial score (nSPS) is 17.3. The first-order valence-electron chi connectivity index (χ1n) is 5.91. The summed E-state index contributed by atoms with van der Waals surface area (Å²) in [6.07, 6.45) is 2.86. The molecule has 0 saturated heterocycles. The molecule has 6 heteroatoms. The lowest BCUT2D eigenvalue weighted by Gasteiger charge is -2.26. The second-order valence-electron chi connectivity index (χ2n) is 4.22. The average molecular weight is 249 g/mol. The van der Waals surface area contributed by atoms with Gasteiger partial charge in [0.2, 0.25) is 0 Å². The molecular weight excluding hydrogens is 226 g/mol. The Balaban J connectivity index is 2.53. The Kier molecular flexibility index (Phi) is 5.17. The lowest BCUT2D eigenvalue weighted by Crippen LogP contribution is -2.43. The highest BCUT2D eigenvalue weighted by molar-refractivity contribution is 7.86. The van der Waals surface area contributed by atoms with Crippen LogP contribution >= 0.6 is 0 Å². The molecule has 0 atom stereocenters. The zero-order valence-electron chi connectivity index (χ0n) is 10.4. The first-order chi connectivity index (χ1) is 7.54. The number of hydrogen-bond acceptors (Lipinski definition) is 3. The van der Waals surface area contributed by atoms with E-state index in [0.717, 1.165) is 25.8 Å². The molecule has 0 radical (unpaired) electrons. The summed E-state index contributed by atoms with van der Waals surface area (Å²) in [6.45, 7) is 3.89. The molecule has 1 saturated carbocycles. The summed E-state index contributed by atoms with van der Waals surface area (Å²) >= 11 is 0. The quantitative estimate of drug-likeness (QED) is 0.628. The Morgan fingerprint density at radius 3 is 2.44 bits per heavy atom. The smallest absolute Gasteiger partial charge is 0.281 e. The van der Waals surface area contributed by atoms with E-state index in [-0.39, 0.29) is 6.04 Å². The van der Waals surface area contributed by atoms with Crippen molar-refractivity contribution in [3.8, 4) is 0 Å². The predicted molar refractivity (Wildman–Crippen MR) is 65.5 cm³/mol. The molecule has 0 amide bonds. The molecule has 1 rings (SSSR count). The highest BCUT2D eigenvalue weighted by Gasteiger charge is 2.37. The van der Waals surface area contributed by atoms with Crippen molar-refractivity contribution in [2.75, 3.05) is 33.7 Å². The van der Waals surface area contributed by atoms with E-state index in [1.54, 1.807) is 11.4 Å². The summed E-state index contributed by atoms with van der Waals surface area (Å²) in [5, 5.41) is 3.02. The van der Waals surface area contributed by atoms with Crippen molar-refractivity contribution in [3.05, 3.63) is 0 Å². The zero-order chi connectivity index (χ0) is 12.2. The molecule has 0 unspecified atom stereocenters. The van der Waals surface area contributed by atoms with Crippen LogP contribution in [0.2, 0.25) is 0 Å². The van der Waals surface area contributed by atoms with Crippen LogP contribution in [0.3, 0.4) is 0 Å². The summed E-state index contributed by atoms with van der Waals surface area (Å²) in [5.41, 5.74) is 0. The van der Waals surface area contributed by atoms with Crippen LogP contribution in [0.1, 0.15) is 26.2 Å². The van der Waals surface area contributed by atoms with Gasteiger partial charge in [0.25, 0.3) is 10.2 Å². The summed E-state index contributed by atoms with van der Waals surface area (Å²) in [4.78, 5) is 0. The third-order valence-corrected chi connectivity index (χ3v) is 4.98. The van der Waals surface area contributed by atoms with Crippen molar-refractivity contribution >= 4 is 10.2 Å². The van der Waals surface area contributed by atoms with Crippen LogP contribution < -0.4 is 5.32 Å². The van der Waals surface area contributed by atoms with Crippen molar-refractivity contribution in [2.45, 2.75) is 32.2 Å². The standard InChI is InChI=1S/C10H23N3O2S/c1-4-13(10-6-7-10)16(14,15)12(3)9-5-8-11-2/h10-11H,4-9H2,1-3H3. The van der Waals surface area contributed by atoms with Gasteiger partial charge in [-0.05, 0) is 32.9 Å². The highest BCUT2D eigenvalue weighted by Crippen LogP contribution is 2.29. The van der Waals surface area contributed by atoms with E-state index in [9.17, 15) is 8.42 Å². The summed E-state index contributed by atoms with van der Waals surface area (Å²) in [5.74, 6) is 0. The van der Waals surface area contributed by atoms with Gasteiger partial charge in [-0.1, -0.05) is 6.92 Å². The topological polar surface area (TPSA) is 52.7 Å². The molecule has 0 heterocycles. The second-order valence-corrected chi connectivity index (χ2v) is 6.21. The van der Waals surface area contributed by atoms with Crippen molar-refractivity contribution in [1.29, 1.82) is 0 Å². The van der Waals surface area contributed by atoms with Gasteiger partial charge in [-0.3, -0.25) is 0 Å². The van der Waals surface area contributed by atoms with Gasteiger partial charge in [-0.25, -0.2) is 0 Å². The first-order valence-corrected chi connectivity index (χ1v) is 7.31. The molecule has 0 aromatic heterocycles. The molecule has 0 aliphatic heterocycles. The SMILES string of the molecule is CCN(C1CC1)S(=O)(=O)N(C)CCCNC. The third kappa shape index (κ3) is 3.41. The van der Waals surface area contributed by atoms with Gasteiger partial charge in [0.15, 0.2) is 0 Å². The van der Waals surface area contributed by atoms with Crippen molar-refractivity contribution in [1.82, 2.24) is 13.9 Å². The molecule has 1 aliphatic rings. The molecule has 1 aliphatic carbocycles. The molecule has 0 aromatic carbocycles. The molecule has 5 nitrogen and oxygen atoms in total. The van der Waals surface area contributed by atoms with Crippen LogP contribution in [0.15, 0.2) is 0 Å². The Bertz CT molecular complexity index is 301. The Morgan fingerprint density at radius 2 is 2.00 bits per heavy atom. The average Bonchev–Trinajstić information content (AvgIpc) is 3.03. The van der Waals surface area contributed by atoms with Crippen LogP contribution in [0, 0.1) is 0 Å². The molecular formula is C10H23N3O2S. The van der Waals surface area contributed by atoms with Gasteiger partial charge in [-0.2, -0.15) is 17.0 Å². The molecule has 1 fully saturated rings. The van der Waals surface area contributed by atoms with E-state index >= 15 is 0 Å². The van der Waals surface area contributed by atoms with Gasteiger partial charge in [-0.15, -0.1) is 0 Å². The van der Waals surface area contributed by atoms with Gasteiger partial charge < -0.3 is 5.32 Å². The molecule has 0 spiro atoms. The number of hydrogen-bond donors (Lipinski definition) is 1. The second kappa shape index (κ2) is 5.95. The lowest BCUT2D eigenvalue weighted by atomic mass is 10.4. The molecule has 0 aromatic rings. The van der Waals surface area contributed by atoms with E-state index < -0.39 is 10.2 Å². The van der Waals surface area contributed by atoms with Crippen LogP contribution in [0.4, 0.5) is 0 Å². The van der Waals surface area contributed by atoms with Crippen LogP contribution in [0.5, 0.6) is 0 Å². The fourth-order valence-electron chi connectivity index (χ4n) is 1.75. The predicted octanol–water partition coefficient (Wildman–Crippen LogP) is 0.257. The third-order valence-electron chi connectivity index (χ3n) is 2.86. The minimum absolute atomic E-state index is 0.252. The number of nitrogens with zero attached hydrogens (tertiary/aromatic N) is 2. The Labute approximate surface area is 99.0 Å². The van der Waals surface area contributed by atoms with E-state index in [1.807, 2.05) is 14.0 Å². The molecule has 0 bridgehead atoms. The molecule has 16 heavy (non-hydrogen) atoms. The van der Waals surface area contributed by atoms with Crippen LogP contribution in [-0.2, 0) is 10.2 Å². The van der Waals surface area contributed by atoms with Crippen molar-refractivity contribution in [3.63, 3.8) is 0 Å². The Morgan fingerprint density at radius 1 is 1.38 bits per heavy atom. The lowest BCUT2D eigenvalue weighted by molar-refractivity contribution is 0.360. The van der Waals surface area contributed by atoms with Gasteiger partial charge in [0, 0.05) is 26.2 Å². The maximum atomic E-state index is 12.2. The first kappa shape index (κ1) is 13.9. The minimum Gasteiger partial charge on any atom is -0.320 e. The molecule has 96 valence electrons. The summed E-state index contributed by atoms with van der Waals surface area (Å²) in [7, 11) is 0.305. The van der Waals surface area contributed by atoms with E-state index in [4.69, 9.17) is 0 Å². The van der Waals surface area contributed by atoms with E-state index in [2.05, 4.69) is 5.32 Å². The number of rotatable bonds is 8. The number of nitrogens with one attached hydrogen (secondary N) is 1. The Hall–Kier alpha value is -0.170. The fourth-order valence-corrected chi connectivity index (χ4v) is 3.38. The summed E-state index contributed by atoms with van der Waals surface area (Å²) in [6, 6.07) is 0.252. The van der Waals surface area contributed by atoms with Gasteiger partial charge >= 0.3 is 0 Å². The van der Waals surface area contributed by atoms with Crippen molar-refractivity contribution in [2.24, 2.45) is 0 Å². The molecule has 1 N–H and O–H groups in total. The van der Waals surface area contributed by atoms with Gasteiger partial charge in [0.05, 0.1) is 0 Å². The van der Waals surface area contributed by atoms with E-state index in [0.29, 0.717) is 13.1 Å². The summed E-state index contributed by atoms with van der Waals surface area (Å²) < 4.78 is 27.4. The monoisotopic (exact) mass is 249 g/mol. The van der Waals surface area contributed by atoms with Crippen molar-refractivity contribution < 1.29 is 8.42 Å². The maximum absolute atomic E-state index is 12.2. The largest absolute Gasteiger partial charge is 0.320 e. The fraction of sp³-hybridized carbons (Fsp3) is 1.00.